The Morgan fingerprint density at radius 2 is 1.76 bits per heavy atom. The molecule has 0 saturated heterocycles. The molecular formula is C19H21Cl2N5O2S. The molecule has 0 fully saturated rings. The molecule has 2 heterocycles. The van der Waals surface area contributed by atoms with Gasteiger partial charge in [0, 0.05) is 41.7 Å². The molecular weight excluding hydrogens is 433 g/mol. The molecule has 4 N–H and O–H groups in total. The van der Waals surface area contributed by atoms with Crippen LogP contribution in [0.15, 0.2) is 24.4 Å². The van der Waals surface area contributed by atoms with Crippen LogP contribution in [0.2, 0.25) is 10.0 Å². The van der Waals surface area contributed by atoms with Crippen molar-refractivity contribution in [2.24, 2.45) is 0 Å². The highest BCUT2D eigenvalue weighted by molar-refractivity contribution is 7.96. The van der Waals surface area contributed by atoms with E-state index >= 15 is 0 Å². The minimum absolute atomic E-state index is 0.351. The van der Waals surface area contributed by atoms with E-state index in [0.29, 0.717) is 51.0 Å². The fourth-order valence-corrected chi connectivity index (χ4v) is 3.87. The maximum Gasteiger partial charge on any atom is 0.141 e. The lowest BCUT2D eigenvalue weighted by Gasteiger charge is -2.16. The number of nitrogens with zero attached hydrogens (tertiary/aromatic N) is 2. The average Bonchev–Trinajstić information content (AvgIpc) is 2.72. The first-order chi connectivity index (χ1) is 14.0. The second-order valence-electron chi connectivity index (χ2n) is 6.00. The molecule has 0 aliphatic rings. The van der Waals surface area contributed by atoms with E-state index in [-0.39, 0.29) is 0 Å². The number of benzene rings is 1. The third-order valence-corrected chi connectivity index (χ3v) is 5.47. The standard InChI is InChI=1S/C19H21Cl2N5O2S/c1-27-13-8-14(28-2)18(21)16(17(13)20)12-6-10-9-24-15(22)7-11(10)19(26-12)23-4-5-25-29-3/h6-9,25H,4-5H2,1-3H3,(H2,22,24)(H,23,26). The number of rotatable bonds is 8. The van der Waals surface area contributed by atoms with Crippen LogP contribution in [0.3, 0.4) is 0 Å². The van der Waals surface area contributed by atoms with Gasteiger partial charge in [-0.2, -0.15) is 0 Å². The van der Waals surface area contributed by atoms with E-state index in [1.165, 1.54) is 14.2 Å². The molecule has 0 aliphatic carbocycles. The van der Waals surface area contributed by atoms with E-state index in [9.17, 15) is 0 Å². The summed E-state index contributed by atoms with van der Waals surface area (Å²) >= 11 is 14.7. The number of nitrogens with two attached hydrogens (primary N) is 1. The molecule has 0 atom stereocenters. The summed E-state index contributed by atoms with van der Waals surface area (Å²) in [5, 5.41) is 5.74. The predicted molar refractivity (Wildman–Crippen MR) is 123 cm³/mol. The van der Waals surface area contributed by atoms with Crippen molar-refractivity contribution < 1.29 is 9.47 Å². The fourth-order valence-electron chi connectivity index (χ4n) is 2.87. The maximum atomic E-state index is 6.58. The molecule has 10 heteroatoms. The van der Waals surface area contributed by atoms with E-state index in [1.807, 2.05) is 12.3 Å². The molecule has 0 spiro atoms. The number of fused-ring (bicyclic) bond motifs is 1. The summed E-state index contributed by atoms with van der Waals surface area (Å²) in [5.41, 5.74) is 6.97. The van der Waals surface area contributed by atoms with Gasteiger partial charge in [-0.25, -0.2) is 9.97 Å². The van der Waals surface area contributed by atoms with Crippen LogP contribution >= 0.6 is 35.1 Å². The van der Waals surface area contributed by atoms with Crippen molar-refractivity contribution in [3.8, 4) is 22.8 Å². The van der Waals surface area contributed by atoms with Gasteiger partial charge in [0.25, 0.3) is 0 Å². The zero-order valence-electron chi connectivity index (χ0n) is 16.2. The Bertz CT molecular complexity index is 1010. The average molecular weight is 454 g/mol. The molecule has 3 rings (SSSR count). The highest BCUT2D eigenvalue weighted by atomic mass is 35.5. The van der Waals surface area contributed by atoms with Crippen molar-refractivity contribution in [1.29, 1.82) is 0 Å². The lowest BCUT2D eigenvalue weighted by Crippen LogP contribution is -2.16. The van der Waals surface area contributed by atoms with Gasteiger partial charge in [-0.05, 0) is 18.4 Å². The van der Waals surface area contributed by atoms with E-state index in [0.717, 1.165) is 17.3 Å². The summed E-state index contributed by atoms with van der Waals surface area (Å²) in [7, 11) is 3.06. The van der Waals surface area contributed by atoms with Gasteiger partial charge in [0.15, 0.2) is 0 Å². The van der Waals surface area contributed by atoms with E-state index in [4.69, 9.17) is 43.4 Å². The normalized spacial score (nSPS) is 10.9. The third kappa shape index (κ3) is 4.56. The van der Waals surface area contributed by atoms with Gasteiger partial charge >= 0.3 is 0 Å². The molecule has 0 aliphatic heterocycles. The lowest BCUT2D eigenvalue weighted by molar-refractivity contribution is 0.395. The second kappa shape index (κ2) is 9.58. The Balaban J connectivity index is 2.19. The van der Waals surface area contributed by atoms with E-state index in [2.05, 4.69) is 15.0 Å². The van der Waals surface area contributed by atoms with Crippen molar-refractivity contribution in [2.45, 2.75) is 0 Å². The summed E-state index contributed by atoms with van der Waals surface area (Å²) in [5.74, 6) is 1.96. The topological polar surface area (TPSA) is 94.3 Å². The molecule has 0 radical (unpaired) electrons. The number of aromatic nitrogens is 2. The number of hydrogen-bond donors (Lipinski definition) is 3. The van der Waals surface area contributed by atoms with Crippen molar-refractivity contribution in [2.75, 3.05) is 44.6 Å². The van der Waals surface area contributed by atoms with Crippen LogP contribution < -0.4 is 25.2 Å². The molecule has 0 saturated carbocycles. The molecule has 0 unspecified atom stereocenters. The number of halogens is 2. The number of anilines is 2. The molecule has 1 aromatic carbocycles. The van der Waals surface area contributed by atoms with Crippen molar-refractivity contribution >= 4 is 57.6 Å². The lowest BCUT2D eigenvalue weighted by atomic mass is 10.1. The van der Waals surface area contributed by atoms with E-state index in [1.54, 1.807) is 30.3 Å². The summed E-state index contributed by atoms with van der Waals surface area (Å²) in [6.45, 7) is 1.42. The Morgan fingerprint density at radius 3 is 2.38 bits per heavy atom. The quantitative estimate of drug-likeness (QED) is 0.339. The van der Waals surface area contributed by atoms with Gasteiger partial charge in [-0.1, -0.05) is 35.1 Å². The minimum Gasteiger partial charge on any atom is -0.495 e. The zero-order valence-corrected chi connectivity index (χ0v) is 18.5. The Hall–Kier alpha value is -2.13. The molecule has 154 valence electrons. The number of nitrogens with one attached hydrogen (secondary N) is 2. The fraction of sp³-hybridized carbons (Fsp3) is 0.263. The first-order valence-corrected chi connectivity index (χ1v) is 10.6. The third-order valence-electron chi connectivity index (χ3n) is 4.23. The van der Waals surface area contributed by atoms with Crippen LogP contribution in [-0.4, -0.2) is 43.5 Å². The smallest absolute Gasteiger partial charge is 0.141 e. The van der Waals surface area contributed by atoms with Crippen molar-refractivity contribution in [3.05, 3.63) is 34.4 Å². The predicted octanol–water partition coefficient (Wildman–Crippen LogP) is 4.48. The van der Waals surface area contributed by atoms with Crippen molar-refractivity contribution in [3.63, 3.8) is 0 Å². The maximum absolute atomic E-state index is 6.58. The second-order valence-corrected chi connectivity index (χ2v) is 7.45. The zero-order chi connectivity index (χ0) is 21.0. The van der Waals surface area contributed by atoms with Crippen molar-refractivity contribution in [1.82, 2.24) is 14.7 Å². The summed E-state index contributed by atoms with van der Waals surface area (Å²) in [4.78, 5) is 8.97. The molecule has 3 aromatic rings. The number of hydrogen-bond acceptors (Lipinski definition) is 8. The summed E-state index contributed by atoms with van der Waals surface area (Å²) in [6, 6.07) is 5.29. The number of methoxy groups -OCH3 is 2. The Morgan fingerprint density at radius 1 is 1.07 bits per heavy atom. The first-order valence-electron chi connectivity index (χ1n) is 8.66. The molecule has 7 nitrogen and oxygen atoms in total. The van der Waals surface area contributed by atoms with Crippen LogP contribution in [0.4, 0.5) is 11.6 Å². The van der Waals surface area contributed by atoms with Gasteiger partial charge in [-0.15, -0.1) is 0 Å². The van der Waals surface area contributed by atoms with Gasteiger partial charge in [-0.3, -0.25) is 4.72 Å². The number of pyridine rings is 2. The van der Waals surface area contributed by atoms with Gasteiger partial charge in [0.1, 0.15) is 23.1 Å². The van der Waals surface area contributed by atoms with E-state index < -0.39 is 0 Å². The van der Waals surface area contributed by atoms with Gasteiger partial charge < -0.3 is 20.5 Å². The first kappa shape index (κ1) is 21.6. The van der Waals surface area contributed by atoms with Crippen LogP contribution in [0, 0.1) is 0 Å². The number of ether oxygens (including phenoxy) is 2. The molecule has 2 aromatic heterocycles. The minimum atomic E-state index is 0.351. The monoisotopic (exact) mass is 453 g/mol. The highest BCUT2D eigenvalue weighted by Gasteiger charge is 2.21. The SMILES string of the molecule is COc1cc(OC)c(Cl)c(-c2cc3cnc(N)cc3c(NCCNSC)n2)c1Cl. The van der Waals surface area contributed by atoms with Gasteiger partial charge in [0.05, 0.1) is 30.0 Å². The van der Waals surface area contributed by atoms with Crippen LogP contribution in [0.25, 0.3) is 22.0 Å². The van der Waals surface area contributed by atoms with Crippen LogP contribution in [0.1, 0.15) is 0 Å². The van der Waals surface area contributed by atoms with Crippen LogP contribution in [0.5, 0.6) is 11.5 Å². The summed E-state index contributed by atoms with van der Waals surface area (Å²) in [6.07, 6.45) is 3.67. The van der Waals surface area contributed by atoms with Gasteiger partial charge in [0.2, 0.25) is 0 Å². The summed E-state index contributed by atoms with van der Waals surface area (Å²) < 4.78 is 13.9. The molecule has 0 amide bonds. The Labute approximate surface area is 183 Å². The molecule has 29 heavy (non-hydrogen) atoms. The Kier molecular flexibility index (Phi) is 7.13. The number of nitrogen functional groups attached to an aromatic ring is 1. The highest BCUT2D eigenvalue weighted by Crippen LogP contribution is 2.46. The molecule has 0 bridgehead atoms. The van der Waals surface area contributed by atoms with Crippen LogP contribution in [-0.2, 0) is 0 Å². The largest absolute Gasteiger partial charge is 0.495 e.